The summed E-state index contributed by atoms with van der Waals surface area (Å²) >= 11 is 0. The number of nitrogens with one attached hydrogen (secondary N) is 2. The van der Waals surface area contributed by atoms with Crippen LogP contribution in [0.15, 0.2) is 0 Å². The van der Waals surface area contributed by atoms with E-state index in [2.05, 4.69) is 31.4 Å². The van der Waals surface area contributed by atoms with Gasteiger partial charge in [-0.15, -0.1) is 0 Å². The Morgan fingerprint density at radius 3 is 2.40 bits per heavy atom. The van der Waals surface area contributed by atoms with Crippen molar-refractivity contribution in [2.24, 2.45) is 11.3 Å². The lowest BCUT2D eigenvalue weighted by atomic mass is 9.92. The molecule has 1 saturated heterocycles. The quantitative estimate of drug-likeness (QED) is 0.684. The average molecular weight is 212 g/mol. The van der Waals surface area contributed by atoms with E-state index in [1.165, 1.54) is 51.9 Å². The molecule has 0 aromatic carbocycles. The van der Waals surface area contributed by atoms with Crippen LogP contribution < -0.4 is 10.6 Å². The molecule has 0 aliphatic carbocycles. The summed E-state index contributed by atoms with van der Waals surface area (Å²) in [5.74, 6) is 0.966. The Bertz CT molecular complexity index is 154. The Labute approximate surface area is 95.2 Å². The highest BCUT2D eigenvalue weighted by Gasteiger charge is 2.12. The van der Waals surface area contributed by atoms with Gasteiger partial charge in [-0.2, -0.15) is 0 Å². The Balaban J connectivity index is 1.92. The summed E-state index contributed by atoms with van der Waals surface area (Å²) in [6.45, 7) is 11.8. The van der Waals surface area contributed by atoms with Gasteiger partial charge in [0.1, 0.15) is 0 Å². The monoisotopic (exact) mass is 212 g/mol. The van der Waals surface area contributed by atoms with E-state index in [0.29, 0.717) is 5.41 Å². The van der Waals surface area contributed by atoms with E-state index in [-0.39, 0.29) is 0 Å². The molecule has 1 fully saturated rings. The molecule has 0 amide bonds. The van der Waals surface area contributed by atoms with Crippen LogP contribution in [0, 0.1) is 11.3 Å². The first-order valence-electron chi connectivity index (χ1n) is 6.49. The van der Waals surface area contributed by atoms with Crippen molar-refractivity contribution < 1.29 is 0 Å². The Hall–Kier alpha value is -0.0800. The smallest absolute Gasteiger partial charge is 0.00439 e. The third-order valence-electron chi connectivity index (χ3n) is 3.24. The lowest BCUT2D eigenvalue weighted by molar-refractivity contribution is 0.334. The van der Waals surface area contributed by atoms with Crippen molar-refractivity contribution in [3.05, 3.63) is 0 Å². The maximum Gasteiger partial charge on any atom is -0.00439 e. The van der Waals surface area contributed by atoms with Gasteiger partial charge in [0, 0.05) is 0 Å². The second kappa shape index (κ2) is 6.49. The minimum absolute atomic E-state index is 0.474. The van der Waals surface area contributed by atoms with Crippen molar-refractivity contribution in [1.82, 2.24) is 10.6 Å². The Morgan fingerprint density at radius 1 is 1.13 bits per heavy atom. The molecular formula is C13H28N2. The molecule has 2 heteroatoms. The summed E-state index contributed by atoms with van der Waals surface area (Å²) in [4.78, 5) is 0. The van der Waals surface area contributed by atoms with Crippen molar-refractivity contribution in [1.29, 1.82) is 0 Å². The lowest BCUT2D eigenvalue weighted by Gasteiger charge is -2.23. The molecular weight excluding hydrogens is 184 g/mol. The molecule has 1 heterocycles. The van der Waals surface area contributed by atoms with Crippen molar-refractivity contribution in [3.63, 3.8) is 0 Å². The molecule has 0 saturated carbocycles. The van der Waals surface area contributed by atoms with Crippen LogP contribution in [0.3, 0.4) is 0 Å². The summed E-state index contributed by atoms with van der Waals surface area (Å²) < 4.78 is 0. The highest BCUT2D eigenvalue weighted by atomic mass is 14.9. The van der Waals surface area contributed by atoms with Gasteiger partial charge in [-0.25, -0.2) is 0 Å². The zero-order valence-electron chi connectivity index (χ0n) is 10.7. The van der Waals surface area contributed by atoms with Gasteiger partial charge in [0.25, 0.3) is 0 Å². The zero-order valence-corrected chi connectivity index (χ0v) is 10.7. The van der Waals surface area contributed by atoms with Gasteiger partial charge in [-0.05, 0) is 63.2 Å². The van der Waals surface area contributed by atoms with Crippen molar-refractivity contribution in [2.75, 3.05) is 26.2 Å². The van der Waals surface area contributed by atoms with Crippen LogP contribution in [0.2, 0.25) is 0 Å². The maximum atomic E-state index is 3.57. The van der Waals surface area contributed by atoms with Crippen molar-refractivity contribution in [2.45, 2.75) is 46.5 Å². The summed E-state index contributed by atoms with van der Waals surface area (Å²) in [6, 6.07) is 0. The van der Waals surface area contributed by atoms with Gasteiger partial charge in [0.2, 0.25) is 0 Å². The van der Waals surface area contributed by atoms with E-state index in [0.717, 1.165) is 5.92 Å². The third-order valence-corrected chi connectivity index (χ3v) is 3.24. The van der Waals surface area contributed by atoms with Gasteiger partial charge < -0.3 is 10.6 Å². The van der Waals surface area contributed by atoms with Crippen LogP contribution >= 0.6 is 0 Å². The Kier molecular flexibility index (Phi) is 5.62. The van der Waals surface area contributed by atoms with E-state index in [1.54, 1.807) is 0 Å². The molecule has 0 radical (unpaired) electrons. The minimum atomic E-state index is 0.474. The highest BCUT2D eigenvalue weighted by molar-refractivity contribution is 4.70. The van der Waals surface area contributed by atoms with Crippen LogP contribution in [-0.2, 0) is 0 Å². The van der Waals surface area contributed by atoms with Gasteiger partial charge in [0.05, 0.1) is 0 Å². The molecule has 2 N–H and O–H groups in total. The van der Waals surface area contributed by atoms with Gasteiger partial charge in [-0.1, -0.05) is 20.8 Å². The molecule has 1 aliphatic heterocycles. The first kappa shape index (κ1) is 13.0. The minimum Gasteiger partial charge on any atom is -0.317 e. The molecule has 15 heavy (non-hydrogen) atoms. The normalized spacial score (nSPS) is 19.4. The summed E-state index contributed by atoms with van der Waals surface area (Å²) in [7, 11) is 0. The van der Waals surface area contributed by atoms with Crippen LogP contribution in [0.25, 0.3) is 0 Å². The van der Waals surface area contributed by atoms with Gasteiger partial charge >= 0.3 is 0 Å². The third kappa shape index (κ3) is 6.91. The number of rotatable bonds is 5. The van der Waals surface area contributed by atoms with Crippen LogP contribution in [-0.4, -0.2) is 26.2 Å². The maximum absolute atomic E-state index is 3.57. The fraction of sp³-hybridized carbons (Fsp3) is 1.00. The van der Waals surface area contributed by atoms with Crippen molar-refractivity contribution in [3.8, 4) is 0 Å². The molecule has 0 spiro atoms. The summed E-state index contributed by atoms with van der Waals surface area (Å²) in [5.41, 5.74) is 0.474. The molecule has 0 unspecified atom stereocenters. The van der Waals surface area contributed by atoms with E-state index >= 15 is 0 Å². The predicted octanol–water partition coefficient (Wildman–Crippen LogP) is 2.40. The van der Waals surface area contributed by atoms with Crippen LogP contribution in [0.1, 0.15) is 46.5 Å². The van der Waals surface area contributed by atoms with Gasteiger partial charge in [0.15, 0.2) is 0 Å². The molecule has 2 nitrogen and oxygen atoms in total. The summed E-state index contributed by atoms with van der Waals surface area (Å²) in [5, 5.41) is 6.98. The molecule has 0 aromatic rings. The molecule has 0 atom stereocenters. The number of piperidine rings is 1. The van der Waals surface area contributed by atoms with E-state index in [9.17, 15) is 0 Å². The predicted molar refractivity (Wildman–Crippen MR) is 67.2 cm³/mol. The topological polar surface area (TPSA) is 24.1 Å². The number of hydrogen-bond acceptors (Lipinski definition) is 2. The molecule has 90 valence electrons. The highest BCUT2D eigenvalue weighted by Crippen LogP contribution is 2.17. The van der Waals surface area contributed by atoms with Crippen molar-refractivity contribution >= 4 is 0 Å². The summed E-state index contributed by atoms with van der Waals surface area (Å²) in [6.07, 6.45) is 5.40. The molecule has 1 rings (SSSR count). The van der Waals surface area contributed by atoms with E-state index < -0.39 is 0 Å². The second-order valence-corrected chi connectivity index (χ2v) is 6.04. The standard InChI is InChI=1S/C13H28N2/c1-13(2,3)7-11-15-10-6-12-4-8-14-9-5-12/h12,14-15H,4-11H2,1-3H3. The fourth-order valence-corrected chi connectivity index (χ4v) is 2.06. The molecule has 1 aliphatic rings. The largest absolute Gasteiger partial charge is 0.317 e. The second-order valence-electron chi connectivity index (χ2n) is 6.04. The molecule has 0 bridgehead atoms. The Morgan fingerprint density at radius 2 is 1.80 bits per heavy atom. The molecule has 0 aromatic heterocycles. The fourth-order valence-electron chi connectivity index (χ4n) is 2.06. The first-order chi connectivity index (χ1) is 7.08. The first-order valence-corrected chi connectivity index (χ1v) is 6.49. The number of hydrogen-bond donors (Lipinski definition) is 2. The lowest BCUT2D eigenvalue weighted by Crippen LogP contribution is -2.30. The van der Waals surface area contributed by atoms with Gasteiger partial charge in [-0.3, -0.25) is 0 Å². The van der Waals surface area contributed by atoms with E-state index in [1.807, 2.05) is 0 Å². The van der Waals surface area contributed by atoms with E-state index in [4.69, 9.17) is 0 Å². The SMILES string of the molecule is CC(C)(C)CCNCCC1CCNCC1. The average Bonchev–Trinajstić information content (AvgIpc) is 2.17. The van der Waals surface area contributed by atoms with Crippen LogP contribution in [0.4, 0.5) is 0 Å². The van der Waals surface area contributed by atoms with Crippen LogP contribution in [0.5, 0.6) is 0 Å². The zero-order chi connectivity index (χ0) is 11.1.